The van der Waals surface area contributed by atoms with Gasteiger partial charge in [-0.1, -0.05) is 30.3 Å². The van der Waals surface area contributed by atoms with Gasteiger partial charge >= 0.3 is 12.0 Å². The summed E-state index contributed by atoms with van der Waals surface area (Å²) < 4.78 is 21.6. The number of nitrogens with zero attached hydrogens (tertiary/aromatic N) is 1. The molecule has 5 rings (SSSR count). The van der Waals surface area contributed by atoms with Crippen molar-refractivity contribution in [3.8, 4) is 28.5 Å². The third-order valence-corrected chi connectivity index (χ3v) is 5.47. The third-order valence-electron chi connectivity index (χ3n) is 5.47. The molecule has 0 fully saturated rings. The number of rotatable bonds is 6. The number of hydrogen-bond donors (Lipinski definition) is 2. The molecule has 3 aromatic carbocycles. The predicted molar refractivity (Wildman–Crippen MR) is 135 cm³/mol. The lowest BCUT2D eigenvalue weighted by atomic mass is 10.1. The topological polar surface area (TPSA) is 108 Å². The van der Waals surface area contributed by atoms with Crippen LogP contribution in [0.2, 0.25) is 0 Å². The summed E-state index contributed by atoms with van der Waals surface area (Å²) in [4.78, 5) is 29.1. The van der Waals surface area contributed by atoms with E-state index >= 15 is 0 Å². The molecule has 4 aromatic rings. The van der Waals surface area contributed by atoms with Gasteiger partial charge in [0.1, 0.15) is 19.0 Å². The molecule has 182 valence electrons. The van der Waals surface area contributed by atoms with E-state index in [0.29, 0.717) is 58.4 Å². The Labute approximate surface area is 207 Å². The van der Waals surface area contributed by atoms with E-state index in [2.05, 4.69) is 10.6 Å². The van der Waals surface area contributed by atoms with Gasteiger partial charge in [0.15, 0.2) is 18.1 Å². The Morgan fingerprint density at radius 2 is 1.61 bits per heavy atom. The van der Waals surface area contributed by atoms with Gasteiger partial charge in [0.25, 0.3) is 0 Å². The summed E-state index contributed by atoms with van der Waals surface area (Å²) in [6, 6.07) is 21.4. The van der Waals surface area contributed by atoms with Crippen molar-refractivity contribution in [2.24, 2.45) is 0 Å². The fourth-order valence-electron chi connectivity index (χ4n) is 3.76. The van der Waals surface area contributed by atoms with Crippen LogP contribution < -0.4 is 24.8 Å². The van der Waals surface area contributed by atoms with Gasteiger partial charge in [-0.05, 0) is 30.3 Å². The lowest BCUT2D eigenvalue weighted by molar-refractivity contribution is -0.142. The van der Waals surface area contributed by atoms with Crippen LogP contribution in [0.15, 0.2) is 72.8 Å². The van der Waals surface area contributed by atoms with Crippen LogP contribution in [0.3, 0.4) is 0 Å². The van der Waals surface area contributed by atoms with E-state index in [1.807, 2.05) is 30.3 Å². The number of esters is 1. The number of methoxy groups -OCH3 is 1. The van der Waals surface area contributed by atoms with E-state index in [0.717, 1.165) is 5.56 Å². The molecule has 0 unspecified atom stereocenters. The van der Waals surface area contributed by atoms with E-state index in [1.165, 1.54) is 7.11 Å². The Balaban J connectivity index is 1.40. The summed E-state index contributed by atoms with van der Waals surface area (Å²) in [7, 11) is 1.30. The molecule has 1 aromatic heterocycles. The van der Waals surface area contributed by atoms with E-state index in [4.69, 9.17) is 23.9 Å². The maximum absolute atomic E-state index is 12.7. The first-order valence-corrected chi connectivity index (χ1v) is 11.3. The van der Waals surface area contributed by atoms with E-state index in [9.17, 15) is 9.59 Å². The van der Waals surface area contributed by atoms with E-state index in [-0.39, 0.29) is 6.61 Å². The number of ether oxygens (including phenoxy) is 4. The van der Waals surface area contributed by atoms with Crippen molar-refractivity contribution < 1.29 is 28.5 Å². The van der Waals surface area contributed by atoms with E-state index < -0.39 is 12.0 Å². The molecule has 0 bridgehead atoms. The second-order valence-electron chi connectivity index (χ2n) is 7.91. The number of hydrogen-bond acceptors (Lipinski definition) is 7. The monoisotopic (exact) mass is 485 g/mol. The highest BCUT2D eigenvalue weighted by molar-refractivity contribution is 6.02. The van der Waals surface area contributed by atoms with Crippen molar-refractivity contribution >= 4 is 34.3 Å². The highest BCUT2D eigenvalue weighted by atomic mass is 16.6. The molecule has 9 heteroatoms. The maximum Gasteiger partial charge on any atom is 0.343 e. The van der Waals surface area contributed by atoms with E-state index in [1.54, 1.807) is 42.5 Å². The number of fused-ring (bicyclic) bond motifs is 2. The number of amides is 2. The normalized spacial score (nSPS) is 12.0. The quantitative estimate of drug-likeness (QED) is 0.375. The number of pyridine rings is 1. The SMILES string of the molecule is COC(=O)COc1cc(-c2ccccc2)nc2ccc(NC(=O)Nc3ccc4c(c3)OCCO4)cc12. The van der Waals surface area contributed by atoms with Crippen LogP contribution in [0.1, 0.15) is 0 Å². The first kappa shape index (κ1) is 23.0. The summed E-state index contributed by atoms with van der Waals surface area (Å²) in [5.41, 5.74) is 3.33. The number of anilines is 2. The molecule has 0 saturated carbocycles. The molecule has 2 heterocycles. The fraction of sp³-hybridized carbons (Fsp3) is 0.148. The Hall–Kier alpha value is -4.79. The summed E-state index contributed by atoms with van der Waals surface area (Å²) in [5.74, 6) is 1.16. The molecule has 0 saturated heterocycles. The van der Waals surface area contributed by atoms with Gasteiger partial charge < -0.3 is 29.6 Å². The van der Waals surface area contributed by atoms with Gasteiger partial charge in [-0.15, -0.1) is 0 Å². The van der Waals surface area contributed by atoms with Crippen LogP contribution in [0.25, 0.3) is 22.2 Å². The van der Waals surface area contributed by atoms with Crippen molar-refractivity contribution in [3.63, 3.8) is 0 Å². The average molecular weight is 485 g/mol. The molecular weight excluding hydrogens is 462 g/mol. The van der Waals surface area contributed by atoms with Crippen molar-refractivity contribution in [3.05, 3.63) is 72.8 Å². The van der Waals surface area contributed by atoms with Crippen molar-refractivity contribution in [2.75, 3.05) is 37.6 Å². The highest BCUT2D eigenvalue weighted by Gasteiger charge is 2.15. The summed E-state index contributed by atoms with van der Waals surface area (Å²) in [6.45, 7) is 0.696. The van der Waals surface area contributed by atoms with Crippen molar-refractivity contribution in [1.29, 1.82) is 0 Å². The molecule has 0 atom stereocenters. The van der Waals surface area contributed by atoms with Gasteiger partial charge in [0, 0.05) is 34.5 Å². The van der Waals surface area contributed by atoms with Crippen LogP contribution in [0.5, 0.6) is 17.2 Å². The minimum atomic E-state index is -0.505. The van der Waals surface area contributed by atoms with Crippen molar-refractivity contribution in [1.82, 2.24) is 4.98 Å². The number of benzene rings is 3. The standard InChI is InChI=1S/C27H23N3O6/c1-33-26(31)16-36-24-15-22(17-5-3-2-4-6-17)30-21-9-7-18(13-20(21)24)28-27(32)29-19-8-10-23-25(14-19)35-12-11-34-23/h2-10,13-15H,11-12,16H2,1H3,(H2,28,29,32). The zero-order valence-electron chi connectivity index (χ0n) is 19.4. The molecule has 0 radical (unpaired) electrons. The Morgan fingerprint density at radius 3 is 2.39 bits per heavy atom. The molecule has 36 heavy (non-hydrogen) atoms. The first-order chi connectivity index (χ1) is 17.6. The zero-order chi connectivity index (χ0) is 24.9. The molecule has 1 aliphatic heterocycles. The Morgan fingerprint density at radius 1 is 0.889 bits per heavy atom. The predicted octanol–water partition coefficient (Wildman–Crippen LogP) is 4.87. The van der Waals surface area contributed by atoms with Crippen LogP contribution in [0, 0.1) is 0 Å². The van der Waals surface area contributed by atoms with Gasteiger partial charge in [-0.2, -0.15) is 0 Å². The van der Waals surface area contributed by atoms with Crippen LogP contribution in [-0.2, 0) is 9.53 Å². The summed E-state index contributed by atoms with van der Waals surface area (Å²) in [5, 5.41) is 6.24. The van der Waals surface area contributed by atoms with Crippen LogP contribution in [0.4, 0.5) is 16.2 Å². The minimum absolute atomic E-state index is 0.258. The third kappa shape index (κ3) is 5.15. The largest absolute Gasteiger partial charge is 0.486 e. The lowest BCUT2D eigenvalue weighted by Crippen LogP contribution is -2.20. The van der Waals surface area contributed by atoms with Crippen LogP contribution in [-0.4, -0.2) is 43.9 Å². The Kier molecular flexibility index (Phi) is 6.53. The smallest absolute Gasteiger partial charge is 0.343 e. The fourth-order valence-corrected chi connectivity index (χ4v) is 3.76. The number of aromatic nitrogens is 1. The molecule has 1 aliphatic rings. The number of nitrogens with one attached hydrogen (secondary N) is 2. The summed E-state index contributed by atoms with van der Waals surface area (Å²) >= 11 is 0. The molecular formula is C27H23N3O6. The second-order valence-corrected chi connectivity index (χ2v) is 7.91. The minimum Gasteiger partial charge on any atom is -0.486 e. The molecule has 2 amide bonds. The molecule has 0 aliphatic carbocycles. The number of carbonyl (C=O) groups is 2. The average Bonchev–Trinajstić information content (AvgIpc) is 2.91. The number of urea groups is 1. The first-order valence-electron chi connectivity index (χ1n) is 11.3. The zero-order valence-corrected chi connectivity index (χ0v) is 19.4. The second kappa shape index (κ2) is 10.2. The highest BCUT2D eigenvalue weighted by Crippen LogP contribution is 2.34. The molecule has 9 nitrogen and oxygen atoms in total. The van der Waals surface area contributed by atoms with Gasteiger partial charge in [0.05, 0.1) is 18.3 Å². The van der Waals surface area contributed by atoms with Gasteiger partial charge in [0.2, 0.25) is 0 Å². The summed E-state index contributed by atoms with van der Waals surface area (Å²) in [6.07, 6.45) is 0. The lowest BCUT2D eigenvalue weighted by Gasteiger charge is -2.19. The van der Waals surface area contributed by atoms with Gasteiger partial charge in [-0.25, -0.2) is 14.6 Å². The van der Waals surface area contributed by atoms with Crippen molar-refractivity contribution in [2.45, 2.75) is 0 Å². The molecule has 0 spiro atoms. The maximum atomic E-state index is 12.7. The van der Waals surface area contributed by atoms with Gasteiger partial charge in [-0.3, -0.25) is 0 Å². The molecule has 2 N–H and O–H groups in total. The number of carbonyl (C=O) groups excluding carboxylic acids is 2. The van der Waals surface area contributed by atoms with Crippen LogP contribution >= 0.6 is 0 Å². The Bertz CT molecular complexity index is 1420.